The van der Waals surface area contributed by atoms with Gasteiger partial charge in [-0.2, -0.15) is 13.2 Å². The van der Waals surface area contributed by atoms with E-state index in [-0.39, 0.29) is 17.6 Å². The van der Waals surface area contributed by atoms with Gasteiger partial charge in [-0.05, 0) is 31.0 Å². The zero-order chi connectivity index (χ0) is 21.2. The molecule has 2 aromatic rings. The number of amides is 1. The highest BCUT2D eigenvalue weighted by Gasteiger charge is 2.37. The Morgan fingerprint density at radius 3 is 2.34 bits per heavy atom. The third-order valence-corrected chi connectivity index (χ3v) is 5.09. The summed E-state index contributed by atoms with van der Waals surface area (Å²) >= 11 is 5.75. The molecule has 0 spiro atoms. The van der Waals surface area contributed by atoms with Gasteiger partial charge < -0.3 is 10.2 Å². The van der Waals surface area contributed by atoms with Crippen LogP contribution in [0.25, 0.3) is 0 Å². The van der Waals surface area contributed by atoms with Crippen molar-refractivity contribution in [2.24, 2.45) is 0 Å². The van der Waals surface area contributed by atoms with Crippen LogP contribution >= 0.6 is 11.6 Å². The number of rotatable bonds is 4. The highest BCUT2D eigenvalue weighted by Crippen LogP contribution is 2.42. The Hall–Kier alpha value is -2.81. The summed E-state index contributed by atoms with van der Waals surface area (Å²) in [6.45, 7) is 0.671. The molecule has 0 radical (unpaired) electrons. The molecule has 3 rings (SSSR count). The van der Waals surface area contributed by atoms with E-state index < -0.39 is 27.4 Å². The molecule has 29 heavy (non-hydrogen) atoms. The van der Waals surface area contributed by atoms with E-state index in [1.807, 2.05) is 0 Å². The van der Waals surface area contributed by atoms with Crippen molar-refractivity contribution in [3.63, 3.8) is 0 Å². The molecular weight excluding hydrogens is 411 g/mol. The fourth-order valence-electron chi connectivity index (χ4n) is 3.29. The summed E-state index contributed by atoms with van der Waals surface area (Å²) in [5.74, 6) is -0.215. The zero-order valence-corrected chi connectivity index (χ0v) is 15.8. The molecule has 0 bridgehead atoms. The van der Waals surface area contributed by atoms with Gasteiger partial charge in [0.05, 0.1) is 15.5 Å². The van der Waals surface area contributed by atoms with Crippen LogP contribution in [-0.4, -0.2) is 30.0 Å². The average Bonchev–Trinajstić information content (AvgIpc) is 2.68. The molecule has 154 valence electrons. The first kappa shape index (κ1) is 20.9. The molecule has 2 aromatic carbocycles. The highest BCUT2D eigenvalue weighted by atomic mass is 35.5. The van der Waals surface area contributed by atoms with Crippen LogP contribution in [0.4, 0.5) is 24.5 Å². The number of nitrogens with one attached hydrogen (secondary N) is 1. The largest absolute Gasteiger partial charge is 0.418 e. The molecule has 1 fully saturated rings. The van der Waals surface area contributed by atoms with Crippen LogP contribution < -0.4 is 10.2 Å². The second-order valence-corrected chi connectivity index (χ2v) is 7.08. The number of hydrogen-bond acceptors (Lipinski definition) is 4. The molecule has 6 nitrogen and oxygen atoms in total. The van der Waals surface area contributed by atoms with Gasteiger partial charge in [0.2, 0.25) is 0 Å². The average molecular weight is 428 g/mol. The number of nitrogens with zero attached hydrogens (tertiary/aromatic N) is 2. The number of hydrogen-bond donors (Lipinski definition) is 1. The van der Waals surface area contributed by atoms with E-state index in [4.69, 9.17) is 11.6 Å². The standard InChI is InChI=1S/C19H17ClF3N3O3/c20-15-11-16(17(26(28)29)10-14(15)19(21,22)23)25-8-6-13(7-9-25)24-18(27)12-4-2-1-3-5-12/h1-5,10-11,13H,6-9H2,(H,24,27). The molecule has 0 aliphatic carbocycles. The summed E-state index contributed by atoms with van der Waals surface area (Å²) in [6, 6.07) is 10.0. The number of carbonyl (C=O) groups excluding carboxylic acids is 1. The number of benzene rings is 2. The molecule has 10 heteroatoms. The van der Waals surface area contributed by atoms with Crippen LogP contribution in [0.5, 0.6) is 0 Å². The lowest BCUT2D eigenvalue weighted by Gasteiger charge is -2.34. The Kier molecular flexibility index (Phi) is 5.97. The molecule has 1 aliphatic rings. The van der Waals surface area contributed by atoms with Gasteiger partial charge in [-0.25, -0.2) is 0 Å². The number of carbonyl (C=O) groups is 1. The number of nitro groups is 1. The Balaban J connectivity index is 1.73. The second kappa shape index (κ2) is 8.28. The van der Waals surface area contributed by atoms with E-state index in [9.17, 15) is 28.1 Å². The number of alkyl halides is 3. The maximum Gasteiger partial charge on any atom is 0.418 e. The van der Waals surface area contributed by atoms with Gasteiger partial charge in [0.25, 0.3) is 11.6 Å². The molecule has 0 saturated carbocycles. The predicted octanol–water partition coefficient (Wildman–Crippen LogP) is 4.67. The minimum Gasteiger partial charge on any atom is -0.366 e. The second-order valence-electron chi connectivity index (χ2n) is 6.68. The maximum absolute atomic E-state index is 13.0. The summed E-state index contributed by atoms with van der Waals surface area (Å²) in [7, 11) is 0. The first-order chi connectivity index (χ1) is 13.7. The van der Waals surface area contributed by atoms with Crippen molar-refractivity contribution in [2.75, 3.05) is 18.0 Å². The van der Waals surface area contributed by atoms with Crippen LogP contribution in [0, 0.1) is 10.1 Å². The normalized spacial score (nSPS) is 15.2. The first-order valence-corrected chi connectivity index (χ1v) is 9.20. The number of piperidine rings is 1. The summed E-state index contributed by atoms with van der Waals surface area (Å²) < 4.78 is 39.1. The molecule has 0 unspecified atom stereocenters. The third-order valence-electron chi connectivity index (χ3n) is 4.77. The highest BCUT2D eigenvalue weighted by molar-refractivity contribution is 6.31. The van der Waals surface area contributed by atoms with Gasteiger partial charge in [-0.1, -0.05) is 29.8 Å². The van der Waals surface area contributed by atoms with Crippen molar-refractivity contribution < 1.29 is 22.9 Å². The van der Waals surface area contributed by atoms with E-state index in [2.05, 4.69) is 5.32 Å². The van der Waals surface area contributed by atoms with Crippen LogP contribution in [0.15, 0.2) is 42.5 Å². The molecule has 0 atom stereocenters. The predicted molar refractivity (Wildman–Crippen MR) is 102 cm³/mol. The minimum atomic E-state index is -4.78. The molecule has 1 aliphatic heterocycles. The van der Waals surface area contributed by atoms with Gasteiger partial charge in [0.15, 0.2) is 0 Å². The lowest BCUT2D eigenvalue weighted by Crippen LogP contribution is -2.44. The smallest absolute Gasteiger partial charge is 0.366 e. The summed E-state index contributed by atoms with van der Waals surface area (Å²) in [4.78, 5) is 24.4. The topological polar surface area (TPSA) is 75.5 Å². The molecule has 1 saturated heterocycles. The van der Waals surface area contributed by atoms with Gasteiger partial charge in [-0.15, -0.1) is 0 Å². The monoisotopic (exact) mass is 427 g/mol. The number of halogens is 4. The van der Waals surface area contributed by atoms with Crippen molar-refractivity contribution >= 4 is 28.9 Å². The van der Waals surface area contributed by atoms with Crippen molar-refractivity contribution in [3.8, 4) is 0 Å². The Bertz CT molecular complexity index is 914. The van der Waals surface area contributed by atoms with E-state index in [0.717, 1.165) is 6.07 Å². The Morgan fingerprint density at radius 1 is 1.17 bits per heavy atom. The minimum absolute atomic E-state index is 0.0424. The maximum atomic E-state index is 13.0. The molecule has 1 heterocycles. The Morgan fingerprint density at radius 2 is 1.79 bits per heavy atom. The van der Waals surface area contributed by atoms with Crippen LogP contribution in [0.3, 0.4) is 0 Å². The van der Waals surface area contributed by atoms with Crippen molar-refractivity contribution in [3.05, 3.63) is 68.7 Å². The lowest BCUT2D eigenvalue weighted by molar-refractivity contribution is -0.384. The fourth-order valence-corrected chi connectivity index (χ4v) is 3.56. The van der Waals surface area contributed by atoms with Gasteiger partial charge in [0, 0.05) is 30.8 Å². The quantitative estimate of drug-likeness (QED) is 0.568. The zero-order valence-electron chi connectivity index (χ0n) is 15.1. The van der Waals surface area contributed by atoms with E-state index >= 15 is 0 Å². The van der Waals surface area contributed by atoms with Gasteiger partial charge in [0.1, 0.15) is 5.69 Å². The van der Waals surface area contributed by atoms with Crippen molar-refractivity contribution in [2.45, 2.75) is 25.1 Å². The van der Waals surface area contributed by atoms with Crippen LogP contribution in [0.1, 0.15) is 28.8 Å². The fraction of sp³-hybridized carbons (Fsp3) is 0.316. The first-order valence-electron chi connectivity index (χ1n) is 8.83. The van der Waals surface area contributed by atoms with E-state index in [1.54, 1.807) is 35.2 Å². The van der Waals surface area contributed by atoms with Crippen molar-refractivity contribution in [1.82, 2.24) is 5.32 Å². The lowest BCUT2D eigenvalue weighted by atomic mass is 10.0. The third kappa shape index (κ3) is 4.79. The van der Waals surface area contributed by atoms with E-state index in [1.165, 1.54) is 0 Å². The SMILES string of the molecule is O=C(NC1CCN(c2cc(Cl)c(C(F)(F)F)cc2[N+](=O)[O-])CC1)c1ccccc1. The molecule has 1 amide bonds. The van der Waals surface area contributed by atoms with Gasteiger partial charge >= 0.3 is 6.18 Å². The summed E-state index contributed by atoms with van der Waals surface area (Å²) in [6.07, 6.45) is -3.79. The summed E-state index contributed by atoms with van der Waals surface area (Å²) in [5, 5.41) is 13.7. The number of anilines is 1. The molecule has 0 aromatic heterocycles. The molecular formula is C19H17ClF3N3O3. The van der Waals surface area contributed by atoms with E-state index in [0.29, 0.717) is 37.6 Å². The van der Waals surface area contributed by atoms with Crippen molar-refractivity contribution in [1.29, 1.82) is 0 Å². The van der Waals surface area contributed by atoms with Gasteiger partial charge in [-0.3, -0.25) is 14.9 Å². The Labute approximate surface area is 169 Å². The summed E-state index contributed by atoms with van der Waals surface area (Å²) in [5.41, 5.74) is -1.31. The van der Waals surface area contributed by atoms with Crippen LogP contribution in [-0.2, 0) is 6.18 Å². The molecule has 1 N–H and O–H groups in total. The van der Waals surface area contributed by atoms with Crippen LogP contribution in [0.2, 0.25) is 5.02 Å². The number of nitro benzene ring substituents is 1.